The van der Waals surface area contributed by atoms with Crippen molar-refractivity contribution in [1.29, 1.82) is 0 Å². The standard InChI is InChI=1S/C12H25N.C4H10O/c1-3-10-13-12-9-7-5-4-6-8-11(12)2;1-2-3-4-5/h11-13H,3-10H2,1-2H3;5H,2-4H2,1H3. The second-order valence-electron chi connectivity index (χ2n) is 5.61. The van der Waals surface area contributed by atoms with Crippen LogP contribution < -0.4 is 5.32 Å². The van der Waals surface area contributed by atoms with Gasteiger partial charge in [-0.2, -0.15) is 0 Å². The van der Waals surface area contributed by atoms with Crippen molar-refractivity contribution in [2.24, 2.45) is 5.92 Å². The molecular weight excluding hydrogens is 222 g/mol. The highest BCUT2D eigenvalue weighted by Crippen LogP contribution is 2.22. The van der Waals surface area contributed by atoms with E-state index in [1.54, 1.807) is 0 Å². The molecule has 0 radical (unpaired) electrons. The summed E-state index contributed by atoms with van der Waals surface area (Å²) < 4.78 is 0. The highest BCUT2D eigenvalue weighted by Gasteiger charge is 2.17. The average Bonchev–Trinajstić information content (AvgIpc) is 2.35. The lowest BCUT2D eigenvalue weighted by Gasteiger charge is -2.27. The van der Waals surface area contributed by atoms with Crippen LogP contribution in [0.4, 0.5) is 0 Å². The molecule has 2 nitrogen and oxygen atoms in total. The quantitative estimate of drug-likeness (QED) is 0.776. The van der Waals surface area contributed by atoms with Crippen molar-refractivity contribution in [2.75, 3.05) is 13.2 Å². The SMILES string of the molecule is CCCCO.CCCNC1CCCCCCC1C. The third-order valence-corrected chi connectivity index (χ3v) is 3.78. The maximum Gasteiger partial charge on any atom is 0.0430 e. The van der Waals surface area contributed by atoms with E-state index in [4.69, 9.17) is 5.11 Å². The third kappa shape index (κ3) is 9.90. The van der Waals surface area contributed by atoms with Crippen LogP contribution >= 0.6 is 0 Å². The number of aliphatic hydroxyl groups is 1. The Labute approximate surface area is 115 Å². The van der Waals surface area contributed by atoms with E-state index in [1.165, 1.54) is 51.5 Å². The van der Waals surface area contributed by atoms with E-state index in [0.717, 1.165) is 24.8 Å². The molecule has 0 heterocycles. The zero-order chi connectivity index (χ0) is 13.6. The van der Waals surface area contributed by atoms with Gasteiger partial charge < -0.3 is 10.4 Å². The lowest BCUT2D eigenvalue weighted by Crippen LogP contribution is -2.36. The molecule has 2 N–H and O–H groups in total. The first-order valence-corrected chi connectivity index (χ1v) is 8.10. The predicted octanol–water partition coefficient (Wildman–Crippen LogP) is 4.12. The predicted molar refractivity (Wildman–Crippen MR) is 80.9 cm³/mol. The molecule has 1 fully saturated rings. The summed E-state index contributed by atoms with van der Waals surface area (Å²) in [5.41, 5.74) is 0. The van der Waals surface area contributed by atoms with Crippen molar-refractivity contribution in [3.8, 4) is 0 Å². The van der Waals surface area contributed by atoms with Gasteiger partial charge in [0.05, 0.1) is 0 Å². The van der Waals surface area contributed by atoms with Crippen LogP contribution in [-0.2, 0) is 0 Å². The van der Waals surface area contributed by atoms with E-state index in [1.807, 2.05) is 0 Å². The molecular formula is C16H35NO. The first-order chi connectivity index (χ1) is 8.76. The van der Waals surface area contributed by atoms with Crippen LogP contribution in [0.5, 0.6) is 0 Å². The monoisotopic (exact) mass is 257 g/mol. The minimum absolute atomic E-state index is 0.344. The van der Waals surface area contributed by atoms with Gasteiger partial charge in [0.15, 0.2) is 0 Å². The van der Waals surface area contributed by atoms with Gasteiger partial charge in [0.2, 0.25) is 0 Å². The Bertz CT molecular complexity index is 157. The number of aliphatic hydroxyl groups excluding tert-OH is 1. The number of nitrogens with one attached hydrogen (secondary N) is 1. The van der Waals surface area contributed by atoms with Crippen molar-refractivity contribution in [3.63, 3.8) is 0 Å². The first-order valence-electron chi connectivity index (χ1n) is 8.10. The molecule has 1 aliphatic carbocycles. The lowest BCUT2D eigenvalue weighted by molar-refractivity contribution is 0.287. The summed E-state index contributed by atoms with van der Waals surface area (Å²) >= 11 is 0. The number of rotatable bonds is 5. The number of hydrogen-bond donors (Lipinski definition) is 2. The molecule has 1 aliphatic rings. The molecule has 110 valence electrons. The van der Waals surface area contributed by atoms with Crippen LogP contribution in [0.15, 0.2) is 0 Å². The van der Waals surface area contributed by atoms with Crippen LogP contribution in [0.25, 0.3) is 0 Å². The van der Waals surface area contributed by atoms with Gasteiger partial charge >= 0.3 is 0 Å². The van der Waals surface area contributed by atoms with Gasteiger partial charge in [-0.15, -0.1) is 0 Å². The molecule has 0 bridgehead atoms. The highest BCUT2D eigenvalue weighted by atomic mass is 16.2. The maximum atomic E-state index is 8.07. The van der Waals surface area contributed by atoms with Gasteiger partial charge in [-0.1, -0.05) is 52.9 Å². The molecule has 0 aromatic carbocycles. The molecule has 0 aromatic heterocycles. The number of unbranched alkanes of at least 4 members (excludes halogenated alkanes) is 1. The van der Waals surface area contributed by atoms with E-state index in [-0.39, 0.29) is 0 Å². The summed E-state index contributed by atoms with van der Waals surface area (Å²) in [6.07, 6.45) is 11.9. The molecule has 0 amide bonds. The molecule has 0 saturated heterocycles. The Balaban J connectivity index is 0.000000494. The van der Waals surface area contributed by atoms with Crippen molar-refractivity contribution in [2.45, 2.75) is 84.6 Å². The Kier molecular flexibility index (Phi) is 13.3. The van der Waals surface area contributed by atoms with E-state index < -0.39 is 0 Å². The smallest absolute Gasteiger partial charge is 0.0430 e. The van der Waals surface area contributed by atoms with Gasteiger partial charge in [-0.3, -0.25) is 0 Å². The van der Waals surface area contributed by atoms with Crippen LogP contribution in [0.2, 0.25) is 0 Å². The maximum absolute atomic E-state index is 8.07. The zero-order valence-electron chi connectivity index (χ0n) is 12.9. The average molecular weight is 257 g/mol. The van der Waals surface area contributed by atoms with Gasteiger partial charge in [-0.05, 0) is 38.1 Å². The summed E-state index contributed by atoms with van der Waals surface area (Å²) in [6, 6.07) is 0.806. The minimum atomic E-state index is 0.344. The molecule has 1 rings (SSSR count). The largest absolute Gasteiger partial charge is 0.396 e. The van der Waals surface area contributed by atoms with Crippen molar-refractivity contribution >= 4 is 0 Å². The second kappa shape index (κ2) is 13.4. The zero-order valence-corrected chi connectivity index (χ0v) is 12.9. The van der Waals surface area contributed by atoms with Crippen molar-refractivity contribution < 1.29 is 5.11 Å². The fourth-order valence-corrected chi connectivity index (χ4v) is 2.46. The highest BCUT2D eigenvalue weighted by molar-refractivity contribution is 4.75. The van der Waals surface area contributed by atoms with E-state index in [9.17, 15) is 0 Å². The summed E-state index contributed by atoms with van der Waals surface area (Å²) in [5.74, 6) is 0.895. The van der Waals surface area contributed by atoms with Gasteiger partial charge in [0.1, 0.15) is 0 Å². The Morgan fingerprint density at radius 2 is 1.67 bits per heavy atom. The van der Waals surface area contributed by atoms with Gasteiger partial charge in [0, 0.05) is 12.6 Å². The second-order valence-corrected chi connectivity index (χ2v) is 5.61. The molecule has 18 heavy (non-hydrogen) atoms. The summed E-state index contributed by atoms with van der Waals surface area (Å²) in [7, 11) is 0. The topological polar surface area (TPSA) is 32.3 Å². The molecule has 2 heteroatoms. The molecule has 2 unspecified atom stereocenters. The molecule has 2 atom stereocenters. The minimum Gasteiger partial charge on any atom is -0.396 e. The number of hydrogen-bond acceptors (Lipinski definition) is 2. The van der Waals surface area contributed by atoms with Gasteiger partial charge in [-0.25, -0.2) is 0 Å². The third-order valence-electron chi connectivity index (χ3n) is 3.78. The summed E-state index contributed by atoms with van der Waals surface area (Å²) in [4.78, 5) is 0. The van der Waals surface area contributed by atoms with Crippen molar-refractivity contribution in [3.05, 3.63) is 0 Å². The van der Waals surface area contributed by atoms with Crippen molar-refractivity contribution in [1.82, 2.24) is 5.32 Å². The van der Waals surface area contributed by atoms with Crippen LogP contribution in [0.3, 0.4) is 0 Å². The fourth-order valence-electron chi connectivity index (χ4n) is 2.46. The Morgan fingerprint density at radius 3 is 2.17 bits per heavy atom. The lowest BCUT2D eigenvalue weighted by atomic mass is 9.88. The Hall–Kier alpha value is -0.0800. The van der Waals surface area contributed by atoms with Crippen LogP contribution in [0.1, 0.15) is 78.6 Å². The fraction of sp³-hybridized carbons (Fsp3) is 1.00. The Morgan fingerprint density at radius 1 is 1.00 bits per heavy atom. The van der Waals surface area contributed by atoms with Gasteiger partial charge in [0.25, 0.3) is 0 Å². The van der Waals surface area contributed by atoms with E-state index >= 15 is 0 Å². The van der Waals surface area contributed by atoms with E-state index in [0.29, 0.717) is 6.61 Å². The van der Waals surface area contributed by atoms with Crippen LogP contribution in [-0.4, -0.2) is 24.3 Å². The molecule has 0 spiro atoms. The van der Waals surface area contributed by atoms with E-state index in [2.05, 4.69) is 26.1 Å². The normalized spacial score (nSPS) is 24.7. The molecule has 0 aromatic rings. The van der Waals surface area contributed by atoms with Crippen LogP contribution in [0, 0.1) is 5.92 Å². The first kappa shape index (κ1) is 17.9. The molecule has 1 saturated carbocycles. The summed E-state index contributed by atoms with van der Waals surface area (Å²) in [5, 5.41) is 11.8. The molecule has 0 aliphatic heterocycles. The summed E-state index contributed by atoms with van der Waals surface area (Å²) in [6.45, 7) is 8.26.